The highest BCUT2D eigenvalue weighted by Crippen LogP contribution is 2.31. The number of pyridine rings is 1. The summed E-state index contributed by atoms with van der Waals surface area (Å²) in [6, 6.07) is 18.4. The zero-order valence-corrected chi connectivity index (χ0v) is 19.5. The summed E-state index contributed by atoms with van der Waals surface area (Å²) >= 11 is 3.17. The number of hydrogen-bond donors (Lipinski definition) is 0. The molecule has 0 fully saturated rings. The number of thiazole rings is 1. The molecule has 0 atom stereocenters. The summed E-state index contributed by atoms with van der Waals surface area (Å²) in [6.07, 6.45) is 3.84. The lowest BCUT2D eigenvalue weighted by molar-refractivity contribution is -0.118. The number of rotatable bonds is 9. The molecule has 4 nitrogen and oxygen atoms in total. The lowest BCUT2D eigenvalue weighted by Crippen LogP contribution is -2.30. The largest absolute Gasteiger partial charge is 0.282 e. The maximum absolute atomic E-state index is 13.2. The van der Waals surface area contributed by atoms with Crippen molar-refractivity contribution in [3.05, 3.63) is 83.9 Å². The number of hydrogen-bond acceptors (Lipinski definition) is 5. The number of benzene rings is 2. The molecule has 0 saturated heterocycles. The number of carbonyl (C=O) groups is 1. The molecule has 2 aromatic carbocycles. The second kappa shape index (κ2) is 10.7. The standard InChI is InChI=1S/C25H24FN3OS2/c1-2-18-8-13-22-23(16-18)32-25(28-22)29(17-20-6-3-4-14-27-20)24(30)7-5-15-31-21-11-9-19(26)10-12-21/h3-4,6,8-14,16H,2,5,7,15,17H2,1H3. The van der Waals surface area contributed by atoms with Crippen molar-refractivity contribution >= 4 is 44.4 Å². The van der Waals surface area contributed by atoms with Gasteiger partial charge in [0.1, 0.15) is 5.82 Å². The van der Waals surface area contributed by atoms with Crippen LogP contribution in [0.2, 0.25) is 0 Å². The van der Waals surface area contributed by atoms with Crippen LogP contribution < -0.4 is 4.90 Å². The Balaban J connectivity index is 1.47. The van der Waals surface area contributed by atoms with Gasteiger partial charge in [0, 0.05) is 17.5 Å². The topological polar surface area (TPSA) is 46.1 Å². The van der Waals surface area contributed by atoms with E-state index in [-0.39, 0.29) is 11.7 Å². The van der Waals surface area contributed by atoms with Gasteiger partial charge in [0.25, 0.3) is 0 Å². The Bertz CT molecular complexity index is 1180. The van der Waals surface area contributed by atoms with E-state index in [1.165, 1.54) is 17.7 Å². The second-order valence-electron chi connectivity index (χ2n) is 7.36. The molecule has 1 amide bonds. The molecule has 0 aliphatic rings. The summed E-state index contributed by atoms with van der Waals surface area (Å²) in [6.45, 7) is 2.52. The van der Waals surface area contributed by atoms with E-state index < -0.39 is 0 Å². The van der Waals surface area contributed by atoms with Gasteiger partial charge in [0.15, 0.2) is 5.13 Å². The average Bonchev–Trinajstić information content (AvgIpc) is 3.25. The molecular weight excluding hydrogens is 441 g/mol. The zero-order valence-electron chi connectivity index (χ0n) is 17.8. The highest BCUT2D eigenvalue weighted by molar-refractivity contribution is 7.99. The van der Waals surface area contributed by atoms with Gasteiger partial charge >= 0.3 is 0 Å². The zero-order chi connectivity index (χ0) is 22.3. The molecule has 2 aromatic heterocycles. The number of aromatic nitrogens is 2. The van der Waals surface area contributed by atoms with Crippen LogP contribution in [0.1, 0.15) is 31.0 Å². The van der Waals surface area contributed by atoms with Crippen LogP contribution >= 0.6 is 23.1 Å². The third-order valence-corrected chi connectivity index (χ3v) is 7.18. The molecule has 4 rings (SSSR count). The third-order valence-electron chi connectivity index (χ3n) is 5.05. The van der Waals surface area contributed by atoms with Crippen LogP contribution in [0.25, 0.3) is 10.2 Å². The number of halogens is 1. The normalized spacial score (nSPS) is 11.1. The van der Waals surface area contributed by atoms with Gasteiger partial charge in [-0.2, -0.15) is 0 Å². The van der Waals surface area contributed by atoms with Crippen molar-refractivity contribution in [1.82, 2.24) is 9.97 Å². The predicted molar refractivity (Wildman–Crippen MR) is 131 cm³/mol. The molecule has 4 aromatic rings. The van der Waals surface area contributed by atoms with Crippen molar-refractivity contribution in [2.24, 2.45) is 0 Å². The van der Waals surface area contributed by atoms with Crippen LogP contribution in [-0.4, -0.2) is 21.6 Å². The molecule has 32 heavy (non-hydrogen) atoms. The minimum atomic E-state index is -0.239. The summed E-state index contributed by atoms with van der Waals surface area (Å²) in [7, 11) is 0. The van der Waals surface area contributed by atoms with E-state index in [4.69, 9.17) is 4.98 Å². The Morgan fingerprint density at radius 1 is 1.12 bits per heavy atom. The van der Waals surface area contributed by atoms with Crippen molar-refractivity contribution < 1.29 is 9.18 Å². The molecular formula is C25H24FN3OS2. The lowest BCUT2D eigenvalue weighted by atomic mass is 10.2. The number of aryl methyl sites for hydroxylation is 1. The summed E-state index contributed by atoms with van der Waals surface area (Å²) in [4.78, 5) is 25.1. The Morgan fingerprint density at radius 2 is 1.97 bits per heavy atom. The van der Waals surface area contributed by atoms with E-state index >= 15 is 0 Å². The second-order valence-corrected chi connectivity index (χ2v) is 9.54. The fourth-order valence-electron chi connectivity index (χ4n) is 3.29. The Hall–Kier alpha value is -2.77. The molecule has 0 saturated carbocycles. The third kappa shape index (κ3) is 5.72. The smallest absolute Gasteiger partial charge is 0.229 e. The van der Waals surface area contributed by atoms with Crippen molar-refractivity contribution in [2.45, 2.75) is 37.6 Å². The highest BCUT2D eigenvalue weighted by atomic mass is 32.2. The van der Waals surface area contributed by atoms with E-state index in [0.29, 0.717) is 18.1 Å². The van der Waals surface area contributed by atoms with Crippen molar-refractivity contribution in [3.63, 3.8) is 0 Å². The maximum Gasteiger partial charge on any atom is 0.229 e. The Kier molecular flexibility index (Phi) is 7.50. The fraction of sp³-hybridized carbons (Fsp3) is 0.240. The molecule has 0 radical (unpaired) electrons. The van der Waals surface area contributed by atoms with Crippen molar-refractivity contribution in [2.75, 3.05) is 10.7 Å². The monoisotopic (exact) mass is 465 g/mol. The van der Waals surface area contributed by atoms with Crippen LogP contribution in [0, 0.1) is 5.82 Å². The van der Waals surface area contributed by atoms with Gasteiger partial charge in [0.05, 0.1) is 22.5 Å². The Labute approximate surface area is 195 Å². The first-order valence-electron chi connectivity index (χ1n) is 10.6. The molecule has 0 spiro atoms. The van der Waals surface area contributed by atoms with E-state index in [9.17, 15) is 9.18 Å². The van der Waals surface area contributed by atoms with Gasteiger partial charge in [-0.1, -0.05) is 30.4 Å². The number of amides is 1. The first kappa shape index (κ1) is 22.4. The number of thioether (sulfide) groups is 1. The van der Waals surface area contributed by atoms with Crippen LogP contribution in [-0.2, 0) is 17.8 Å². The van der Waals surface area contributed by atoms with Crippen LogP contribution in [0.15, 0.2) is 71.8 Å². The molecule has 0 N–H and O–H groups in total. The SMILES string of the molecule is CCc1ccc2nc(N(Cc3ccccn3)C(=O)CCCSc3ccc(F)cc3)sc2c1. The van der Waals surface area contributed by atoms with Crippen molar-refractivity contribution in [3.8, 4) is 0 Å². The average molecular weight is 466 g/mol. The minimum Gasteiger partial charge on any atom is -0.282 e. The maximum atomic E-state index is 13.2. The molecule has 7 heteroatoms. The minimum absolute atomic E-state index is 0.0325. The van der Waals surface area contributed by atoms with Crippen LogP contribution in [0.4, 0.5) is 9.52 Å². The summed E-state index contributed by atoms with van der Waals surface area (Å²) in [5.74, 6) is 0.579. The van der Waals surface area contributed by atoms with Crippen molar-refractivity contribution in [1.29, 1.82) is 0 Å². The van der Waals surface area contributed by atoms with Gasteiger partial charge in [-0.25, -0.2) is 9.37 Å². The Morgan fingerprint density at radius 3 is 2.72 bits per heavy atom. The first-order valence-corrected chi connectivity index (χ1v) is 12.4. The first-order chi connectivity index (χ1) is 15.6. The number of carbonyl (C=O) groups excluding carboxylic acids is 1. The summed E-state index contributed by atoms with van der Waals surface area (Å²) < 4.78 is 14.1. The quantitative estimate of drug-likeness (QED) is 0.209. The number of fused-ring (bicyclic) bond motifs is 1. The lowest BCUT2D eigenvalue weighted by Gasteiger charge is -2.19. The van der Waals surface area contributed by atoms with E-state index in [1.807, 2.05) is 24.3 Å². The highest BCUT2D eigenvalue weighted by Gasteiger charge is 2.20. The van der Waals surface area contributed by atoms with E-state index in [0.717, 1.165) is 39.4 Å². The number of nitrogens with zero attached hydrogens (tertiary/aromatic N) is 3. The molecule has 164 valence electrons. The summed E-state index contributed by atoms with van der Waals surface area (Å²) in [5, 5.41) is 0.704. The van der Waals surface area contributed by atoms with Crippen LogP contribution in [0.3, 0.4) is 0 Å². The van der Waals surface area contributed by atoms with E-state index in [1.54, 1.807) is 46.3 Å². The molecule has 0 bridgehead atoms. The van der Waals surface area contributed by atoms with Crippen LogP contribution in [0.5, 0.6) is 0 Å². The summed E-state index contributed by atoms with van der Waals surface area (Å²) in [5.41, 5.74) is 3.00. The van der Waals surface area contributed by atoms with Gasteiger partial charge in [-0.05, 0) is 72.7 Å². The van der Waals surface area contributed by atoms with Gasteiger partial charge in [-0.3, -0.25) is 14.7 Å². The molecule has 2 heterocycles. The fourth-order valence-corrected chi connectivity index (χ4v) is 5.19. The van der Waals surface area contributed by atoms with Gasteiger partial charge in [-0.15, -0.1) is 11.8 Å². The number of anilines is 1. The van der Waals surface area contributed by atoms with Gasteiger partial charge < -0.3 is 0 Å². The molecule has 0 aliphatic heterocycles. The molecule has 0 unspecified atom stereocenters. The van der Waals surface area contributed by atoms with E-state index in [2.05, 4.69) is 24.0 Å². The molecule has 0 aliphatic carbocycles. The predicted octanol–water partition coefficient (Wildman–Crippen LogP) is 6.50. The van der Waals surface area contributed by atoms with Gasteiger partial charge in [0.2, 0.25) is 5.91 Å².